The van der Waals surface area contributed by atoms with Gasteiger partial charge in [-0.2, -0.15) is 10.2 Å². The molecule has 6 heterocycles. The maximum absolute atomic E-state index is 14.7. The molecule has 0 bridgehead atoms. The molecule has 0 aliphatic rings. The summed E-state index contributed by atoms with van der Waals surface area (Å²) in [5, 5.41) is 12.0. The van der Waals surface area contributed by atoms with E-state index in [-0.39, 0.29) is 17.3 Å². The number of rotatable bonds is 13. The topological polar surface area (TPSA) is 118 Å². The number of pyridine rings is 2. The van der Waals surface area contributed by atoms with Gasteiger partial charge in [0.2, 0.25) is 0 Å². The molecule has 0 atom stereocenters. The van der Waals surface area contributed by atoms with E-state index in [9.17, 15) is 13.6 Å². The van der Waals surface area contributed by atoms with E-state index >= 15 is 0 Å². The van der Waals surface area contributed by atoms with E-state index in [2.05, 4.69) is 25.5 Å². The predicted octanol–water partition coefficient (Wildman–Crippen LogP) is 7.76. The zero-order chi connectivity index (χ0) is 41.8. The van der Waals surface area contributed by atoms with Crippen molar-refractivity contribution < 1.29 is 23.0 Å². The Morgan fingerprint density at radius 3 is 1.64 bits per heavy atom. The maximum Gasteiger partial charge on any atom is 0.168 e. The molecule has 0 saturated heterocycles. The number of nitrogens with zero attached hydrogens (tertiary/aromatic N) is 8. The van der Waals surface area contributed by atoms with Crippen LogP contribution in [0.2, 0.25) is 0 Å². The number of carbonyl (C=O) groups is 1. The van der Waals surface area contributed by atoms with Gasteiger partial charge in [0.05, 0.1) is 42.7 Å². The average Bonchev–Trinajstić information content (AvgIpc) is 3.96. The van der Waals surface area contributed by atoms with E-state index in [0.29, 0.717) is 49.5 Å². The van der Waals surface area contributed by atoms with Crippen LogP contribution in [-0.2, 0) is 33.5 Å². The van der Waals surface area contributed by atoms with Crippen LogP contribution < -0.4 is 14.8 Å². The summed E-state index contributed by atoms with van der Waals surface area (Å²) in [7, 11) is 5.73. The summed E-state index contributed by atoms with van der Waals surface area (Å²) in [6.45, 7) is 9.39. The molecule has 12 nitrogen and oxygen atoms in total. The van der Waals surface area contributed by atoms with Crippen molar-refractivity contribution in [2.24, 2.45) is 14.1 Å². The summed E-state index contributed by atoms with van der Waals surface area (Å²) in [6, 6.07) is 17.4. The summed E-state index contributed by atoms with van der Waals surface area (Å²) >= 11 is 0. The Hall–Kier alpha value is -6.67. The Morgan fingerprint density at radius 1 is 0.678 bits per heavy atom. The fourth-order valence-corrected chi connectivity index (χ4v) is 7.38. The number of nitrogens with one attached hydrogen (secondary N) is 1. The number of aromatic nitrogens is 8. The number of benzene rings is 2. The number of hydrogen-bond donors (Lipinski definition) is 1. The van der Waals surface area contributed by atoms with Crippen molar-refractivity contribution >= 4 is 17.6 Å². The summed E-state index contributed by atoms with van der Waals surface area (Å²) in [6.07, 6.45) is 9.15. The molecule has 8 rings (SSSR count). The molecule has 6 aromatic heterocycles. The highest BCUT2D eigenvalue weighted by atomic mass is 19.1. The molecule has 0 aliphatic carbocycles. The molecular formula is C45H47F2N9O3. The van der Waals surface area contributed by atoms with Gasteiger partial charge in [-0.1, -0.05) is 24.3 Å². The van der Waals surface area contributed by atoms with Crippen LogP contribution in [0.3, 0.4) is 0 Å². The van der Waals surface area contributed by atoms with E-state index < -0.39 is 5.82 Å². The van der Waals surface area contributed by atoms with Gasteiger partial charge in [0.1, 0.15) is 17.0 Å². The Morgan fingerprint density at radius 2 is 1.17 bits per heavy atom. The van der Waals surface area contributed by atoms with Gasteiger partial charge in [0.25, 0.3) is 0 Å². The van der Waals surface area contributed by atoms with Gasteiger partial charge >= 0.3 is 0 Å². The number of carbonyl (C=O) groups excluding carboxylic acids is 1. The van der Waals surface area contributed by atoms with Crippen LogP contribution in [0.25, 0.3) is 33.5 Å². The Labute approximate surface area is 341 Å². The van der Waals surface area contributed by atoms with E-state index in [1.165, 1.54) is 18.3 Å². The summed E-state index contributed by atoms with van der Waals surface area (Å²) in [5.41, 5.74) is 12.3. The van der Waals surface area contributed by atoms with Crippen molar-refractivity contribution in [3.63, 3.8) is 0 Å². The minimum absolute atomic E-state index is 0.193. The lowest BCUT2D eigenvalue weighted by atomic mass is 10.1. The van der Waals surface area contributed by atoms with E-state index in [0.717, 1.165) is 68.2 Å². The first-order valence-corrected chi connectivity index (χ1v) is 19.3. The van der Waals surface area contributed by atoms with Crippen molar-refractivity contribution in [2.75, 3.05) is 20.3 Å². The van der Waals surface area contributed by atoms with Crippen LogP contribution in [0.5, 0.6) is 11.5 Å². The largest absolute Gasteiger partial charge is 0.490 e. The molecule has 59 heavy (non-hydrogen) atoms. The van der Waals surface area contributed by atoms with Gasteiger partial charge in [-0.25, -0.2) is 18.7 Å². The Kier molecular flexibility index (Phi) is 12.0. The van der Waals surface area contributed by atoms with E-state index in [1.54, 1.807) is 34.9 Å². The smallest absolute Gasteiger partial charge is 0.168 e. The summed E-state index contributed by atoms with van der Waals surface area (Å²) in [5.74, 6) is -0.332. The number of imidazole rings is 2. The van der Waals surface area contributed by atoms with Crippen molar-refractivity contribution in [1.82, 2.24) is 43.6 Å². The number of aryl methyl sites for hydroxylation is 4. The van der Waals surface area contributed by atoms with Gasteiger partial charge < -0.3 is 19.2 Å². The molecular weight excluding hydrogens is 753 g/mol. The third kappa shape index (κ3) is 8.35. The fourth-order valence-electron chi connectivity index (χ4n) is 7.38. The highest BCUT2D eigenvalue weighted by molar-refractivity contribution is 5.76. The van der Waals surface area contributed by atoms with Gasteiger partial charge in [-0.05, 0) is 82.3 Å². The molecule has 304 valence electrons. The van der Waals surface area contributed by atoms with Gasteiger partial charge in [0, 0.05) is 79.5 Å². The minimum Gasteiger partial charge on any atom is -0.490 e. The quantitative estimate of drug-likeness (QED) is 0.118. The highest BCUT2D eigenvalue weighted by Crippen LogP contribution is 2.34. The van der Waals surface area contributed by atoms with Crippen molar-refractivity contribution in [2.45, 2.75) is 47.1 Å². The third-order valence-electron chi connectivity index (χ3n) is 10.7. The second-order valence-electron chi connectivity index (χ2n) is 14.3. The molecule has 1 N–H and O–H groups in total. The second kappa shape index (κ2) is 17.4. The number of halogens is 2. The minimum atomic E-state index is -0.427. The molecule has 0 fully saturated rings. The molecule has 8 aromatic rings. The van der Waals surface area contributed by atoms with Gasteiger partial charge in [0.15, 0.2) is 29.4 Å². The van der Waals surface area contributed by atoms with Gasteiger partial charge in [-0.3, -0.25) is 18.6 Å². The molecule has 0 radical (unpaired) electrons. The molecule has 0 amide bonds. The predicted molar refractivity (Wildman–Crippen MR) is 223 cm³/mol. The molecule has 0 unspecified atom stereocenters. The van der Waals surface area contributed by atoms with E-state index in [1.807, 2.05) is 99.3 Å². The summed E-state index contributed by atoms with van der Waals surface area (Å²) in [4.78, 5) is 19.8. The third-order valence-corrected chi connectivity index (χ3v) is 10.7. The second-order valence-corrected chi connectivity index (χ2v) is 14.3. The lowest BCUT2D eigenvalue weighted by molar-refractivity contribution is 0.111. The molecule has 2 aromatic carbocycles. The lowest BCUT2D eigenvalue weighted by Gasteiger charge is -2.13. The maximum atomic E-state index is 14.7. The zero-order valence-corrected chi connectivity index (χ0v) is 34.3. The Bertz CT molecular complexity index is 2780. The first-order valence-electron chi connectivity index (χ1n) is 19.3. The monoisotopic (exact) mass is 799 g/mol. The standard InChI is InChI=1S/C23H26FN5O.C22H21FN4O2/c1-15-19(16(2)28(4)27-15)10-11-30-23-20(6-5-7-21(23)24)17-8-9-22-26-13-18(12-25-3)29(22)14-17;1-14-18(15(2)26(3)25-14)9-10-29-22-19(5-4-6-20(22)23)16-7-8-21-24-11-17(13-28)27(21)12-16/h5-9,13-14,25H,10-12H2,1-4H3;4-8,11-13H,9-10H2,1-3H3. The first kappa shape index (κ1) is 40.5. The van der Waals surface area contributed by atoms with Crippen LogP contribution in [0.4, 0.5) is 8.78 Å². The van der Waals surface area contributed by atoms with Gasteiger partial charge in [-0.15, -0.1) is 0 Å². The lowest BCUT2D eigenvalue weighted by Crippen LogP contribution is -2.08. The zero-order valence-electron chi connectivity index (χ0n) is 34.3. The summed E-state index contributed by atoms with van der Waals surface area (Å²) < 4.78 is 48.6. The highest BCUT2D eigenvalue weighted by Gasteiger charge is 2.17. The average molecular weight is 800 g/mol. The van der Waals surface area contributed by atoms with Crippen LogP contribution in [0.1, 0.15) is 50.1 Å². The number of fused-ring (bicyclic) bond motifs is 2. The van der Waals surface area contributed by atoms with E-state index in [4.69, 9.17) is 9.47 Å². The van der Waals surface area contributed by atoms with Crippen molar-refractivity contribution in [1.29, 1.82) is 0 Å². The van der Waals surface area contributed by atoms with Crippen LogP contribution in [0.15, 0.2) is 85.5 Å². The number of hydrogen-bond acceptors (Lipinski definition) is 8. The number of aldehydes is 1. The van der Waals surface area contributed by atoms with Crippen LogP contribution >= 0.6 is 0 Å². The fraction of sp³-hybridized carbons (Fsp3) is 0.267. The first-order chi connectivity index (χ1) is 28.5. The SMILES string of the molecule is CNCc1cnc2ccc(-c3cccc(F)c3OCCc3c(C)nn(C)c3C)cn12.Cc1nn(C)c(C)c1CCOc1c(F)cccc1-c1ccc2ncc(C=O)n2c1. The molecule has 14 heteroatoms. The molecule has 0 saturated carbocycles. The number of ether oxygens (including phenoxy) is 2. The molecule has 0 spiro atoms. The normalized spacial score (nSPS) is 11.3. The number of para-hydroxylation sites is 2. The molecule has 0 aliphatic heterocycles. The van der Waals surface area contributed by atoms with Crippen LogP contribution in [0, 0.1) is 39.3 Å². The Balaban J connectivity index is 0.000000179. The van der Waals surface area contributed by atoms with Crippen molar-refractivity contribution in [3.8, 4) is 33.8 Å². The van der Waals surface area contributed by atoms with Crippen molar-refractivity contribution in [3.05, 3.63) is 142 Å². The van der Waals surface area contributed by atoms with Crippen LogP contribution in [-0.4, -0.2) is 64.9 Å².